The third-order valence-corrected chi connectivity index (χ3v) is 2.40. The highest BCUT2D eigenvalue weighted by atomic mass is 79.9. The molecule has 5 heteroatoms. The Bertz CT molecular complexity index is 186. The van der Waals surface area contributed by atoms with E-state index in [1.54, 1.807) is 0 Å². The SMILES string of the molecule is C[Si](C)(C)OCCOC(=O)C=CBr. The molecular formula is C8H15BrO3Si. The fourth-order valence-corrected chi connectivity index (χ4v) is 1.50. The van der Waals surface area contributed by atoms with Crippen LogP contribution in [0, 0.1) is 0 Å². The molecule has 0 unspecified atom stereocenters. The average Bonchev–Trinajstić information content (AvgIpc) is 1.97. The maximum Gasteiger partial charge on any atom is 0.331 e. The van der Waals surface area contributed by atoms with Crippen molar-refractivity contribution in [1.82, 2.24) is 0 Å². The lowest BCUT2D eigenvalue weighted by Crippen LogP contribution is -2.27. The summed E-state index contributed by atoms with van der Waals surface area (Å²) in [6.07, 6.45) is 1.31. The number of carbonyl (C=O) groups is 1. The number of rotatable bonds is 5. The highest BCUT2D eigenvalue weighted by Crippen LogP contribution is 2.01. The van der Waals surface area contributed by atoms with Crippen molar-refractivity contribution in [3.8, 4) is 0 Å². The van der Waals surface area contributed by atoms with Crippen LogP contribution in [-0.2, 0) is 14.0 Å². The molecule has 0 bridgehead atoms. The van der Waals surface area contributed by atoms with Gasteiger partial charge in [-0.15, -0.1) is 0 Å². The maximum atomic E-state index is 10.8. The monoisotopic (exact) mass is 266 g/mol. The van der Waals surface area contributed by atoms with E-state index in [0.29, 0.717) is 13.2 Å². The summed E-state index contributed by atoms with van der Waals surface area (Å²) in [4.78, 5) is 12.3. The molecule has 0 aromatic rings. The highest BCUT2D eigenvalue weighted by Gasteiger charge is 2.13. The molecule has 0 saturated carbocycles. The van der Waals surface area contributed by atoms with Crippen LogP contribution in [0.4, 0.5) is 0 Å². The van der Waals surface area contributed by atoms with Gasteiger partial charge >= 0.3 is 5.97 Å². The second-order valence-electron chi connectivity index (χ2n) is 3.42. The largest absolute Gasteiger partial charge is 0.460 e. The van der Waals surface area contributed by atoms with Crippen LogP contribution in [0.1, 0.15) is 0 Å². The average molecular weight is 267 g/mol. The van der Waals surface area contributed by atoms with E-state index in [1.165, 1.54) is 11.1 Å². The Kier molecular flexibility index (Phi) is 6.28. The van der Waals surface area contributed by atoms with Gasteiger partial charge in [0.2, 0.25) is 0 Å². The van der Waals surface area contributed by atoms with E-state index in [9.17, 15) is 4.79 Å². The van der Waals surface area contributed by atoms with Gasteiger partial charge in [0.05, 0.1) is 6.61 Å². The minimum atomic E-state index is -1.47. The van der Waals surface area contributed by atoms with Crippen molar-refractivity contribution in [1.29, 1.82) is 0 Å². The van der Waals surface area contributed by atoms with E-state index in [0.717, 1.165) is 0 Å². The lowest BCUT2D eigenvalue weighted by Gasteiger charge is -2.16. The summed E-state index contributed by atoms with van der Waals surface area (Å²) in [5, 5.41) is 0. The summed E-state index contributed by atoms with van der Waals surface area (Å²) in [5.74, 6) is -0.351. The summed E-state index contributed by atoms with van der Waals surface area (Å²) < 4.78 is 10.3. The van der Waals surface area contributed by atoms with Gasteiger partial charge in [0, 0.05) is 6.08 Å². The molecule has 0 amide bonds. The predicted molar refractivity (Wildman–Crippen MR) is 58.3 cm³/mol. The van der Waals surface area contributed by atoms with E-state index in [1.807, 2.05) is 0 Å². The van der Waals surface area contributed by atoms with Crippen LogP contribution in [-0.4, -0.2) is 27.5 Å². The van der Waals surface area contributed by atoms with Crippen molar-refractivity contribution in [2.45, 2.75) is 19.6 Å². The second-order valence-corrected chi connectivity index (χ2v) is 8.46. The Balaban J connectivity index is 3.41. The zero-order chi connectivity index (χ0) is 10.3. The van der Waals surface area contributed by atoms with Gasteiger partial charge in [-0.25, -0.2) is 4.79 Å². The molecule has 0 spiro atoms. The first-order chi connectivity index (χ1) is 5.95. The molecule has 0 aromatic heterocycles. The van der Waals surface area contributed by atoms with E-state index in [4.69, 9.17) is 9.16 Å². The van der Waals surface area contributed by atoms with Crippen LogP contribution in [0.2, 0.25) is 19.6 Å². The minimum absolute atomic E-state index is 0.320. The Labute approximate surface area is 88.4 Å². The normalized spacial score (nSPS) is 12.0. The molecule has 76 valence electrons. The molecule has 0 saturated heterocycles. The van der Waals surface area contributed by atoms with E-state index >= 15 is 0 Å². The lowest BCUT2D eigenvalue weighted by atomic mass is 10.6. The first-order valence-electron chi connectivity index (χ1n) is 4.03. The lowest BCUT2D eigenvalue weighted by molar-refractivity contribution is -0.138. The molecule has 0 aliphatic rings. The van der Waals surface area contributed by atoms with Gasteiger partial charge in [0.25, 0.3) is 0 Å². The highest BCUT2D eigenvalue weighted by molar-refractivity contribution is 9.11. The first kappa shape index (κ1) is 12.9. The van der Waals surface area contributed by atoms with Crippen LogP contribution in [0.25, 0.3) is 0 Å². The van der Waals surface area contributed by atoms with Crippen molar-refractivity contribution >= 4 is 30.2 Å². The summed E-state index contributed by atoms with van der Waals surface area (Å²) >= 11 is 2.98. The van der Waals surface area contributed by atoms with Gasteiger partial charge in [-0.2, -0.15) is 0 Å². The fourth-order valence-electron chi connectivity index (χ4n) is 0.590. The van der Waals surface area contributed by atoms with Gasteiger partial charge < -0.3 is 9.16 Å². The van der Waals surface area contributed by atoms with Crippen LogP contribution in [0.3, 0.4) is 0 Å². The van der Waals surface area contributed by atoms with E-state index in [2.05, 4.69) is 35.6 Å². The molecule has 0 N–H and O–H groups in total. The van der Waals surface area contributed by atoms with Gasteiger partial charge in [0.15, 0.2) is 8.32 Å². The summed E-state index contributed by atoms with van der Waals surface area (Å²) in [6.45, 7) is 7.08. The summed E-state index contributed by atoms with van der Waals surface area (Å²) in [7, 11) is -1.47. The van der Waals surface area contributed by atoms with E-state index < -0.39 is 8.32 Å². The molecule has 0 radical (unpaired) electrons. The van der Waals surface area contributed by atoms with Crippen molar-refractivity contribution in [3.05, 3.63) is 11.1 Å². The number of carbonyl (C=O) groups excluding carboxylic acids is 1. The van der Waals surface area contributed by atoms with Gasteiger partial charge in [-0.1, -0.05) is 15.9 Å². The molecule has 0 aliphatic heterocycles. The van der Waals surface area contributed by atoms with Crippen LogP contribution in [0.15, 0.2) is 11.1 Å². The van der Waals surface area contributed by atoms with Gasteiger partial charge in [0.1, 0.15) is 6.61 Å². The quantitative estimate of drug-likeness (QED) is 0.332. The Morgan fingerprint density at radius 3 is 2.46 bits per heavy atom. The van der Waals surface area contributed by atoms with Crippen LogP contribution in [0.5, 0.6) is 0 Å². The third kappa shape index (κ3) is 9.78. The maximum absolute atomic E-state index is 10.8. The number of ether oxygens (including phenoxy) is 1. The van der Waals surface area contributed by atoms with Crippen molar-refractivity contribution in [2.24, 2.45) is 0 Å². The Hall–Kier alpha value is -0.133. The summed E-state index contributed by atoms with van der Waals surface area (Å²) in [5.41, 5.74) is 0. The molecule has 13 heavy (non-hydrogen) atoms. The molecule has 0 rings (SSSR count). The Morgan fingerprint density at radius 2 is 2.00 bits per heavy atom. The molecular weight excluding hydrogens is 252 g/mol. The number of halogens is 1. The zero-order valence-electron chi connectivity index (χ0n) is 8.17. The van der Waals surface area contributed by atoms with Crippen molar-refractivity contribution in [3.63, 3.8) is 0 Å². The minimum Gasteiger partial charge on any atom is -0.460 e. The summed E-state index contributed by atoms with van der Waals surface area (Å²) in [6, 6.07) is 0. The smallest absolute Gasteiger partial charge is 0.331 e. The standard InChI is InChI=1S/C8H15BrO3Si/c1-13(2,3)12-7-6-11-8(10)4-5-9/h4-5H,6-7H2,1-3H3. The molecule has 0 atom stereocenters. The Morgan fingerprint density at radius 1 is 1.38 bits per heavy atom. The number of hydrogen-bond acceptors (Lipinski definition) is 3. The topological polar surface area (TPSA) is 35.5 Å². The van der Waals surface area contributed by atoms with Crippen LogP contribution >= 0.6 is 15.9 Å². The second kappa shape index (κ2) is 6.34. The molecule has 0 aliphatic carbocycles. The first-order valence-corrected chi connectivity index (χ1v) is 8.35. The third-order valence-electron chi connectivity index (χ3n) is 1.06. The van der Waals surface area contributed by atoms with Gasteiger partial charge in [-0.05, 0) is 24.6 Å². The molecule has 0 aromatic carbocycles. The van der Waals surface area contributed by atoms with Crippen molar-refractivity contribution < 1.29 is 14.0 Å². The van der Waals surface area contributed by atoms with E-state index in [-0.39, 0.29) is 5.97 Å². The predicted octanol–water partition coefficient (Wildman–Crippen LogP) is 2.29. The fraction of sp³-hybridized carbons (Fsp3) is 0.625. The van der Waals surface area contributed by atoms with Crippen molar-refractivity contribution in [2.75, 3.05) is 13.2 Å². The molecule has 0 heterocycles. The molecule has 0 fully saturated rings. The van der Waals surface area contributed by atoms with Crippen LogP contribution < -0.4 is 0 Å². The van der Waals surface area contributed by atoms with Gasteiger partial charge in [-0.3, -0.25) is 0 Å². The number of esters is 1. The molecule has 3 nitrogen and oxygen atoms in total. The number of hydrogen-bond donors (Lipinski definition) is 0. The zero-order valence-corrected chi connectivity index (χ0v) is 10.8.